The fourth-order valence-corrected chi connectivity index (χ4v) is 5.29. The van der Waals surface area contributed by atoms with Crippen molar-refractivity contribution < 1.29 is 24.6 Å². The lowest BCUT2D eigenvalue weighted by Gasteiger charge is -2.26. The lowest BCUT2D eigenvalue weighted by atomic mass is 9.76. The predicted octanol–water partition coefficient (Wildman–Crippen LogP) is 0.822. The number of rotatable bonds is 2. The van der Waals surface area contributed by atoms with Crippen LogP contribution >= 0.6 is 0 Å². The molecule has 3 heterocycles. The van der Waals surface area contributed by atoms with E-state index in [0.29, 0.717) is 16.8 Å². The number of quaternary nitrogens is 1. The van der Waals surface area contributed by atoms with Gasteiger partial charge in [0.2, 0.25) is 17.4 Å². The highest BCUT2D eigenvalue weighted by molar-refractivity contribution is 6.25. The van der Waals surface area contributed by atoms with Crippen molar-refractivity contribution >= 4 is 34.8 Å². The van der Waals surface area contributed by atoms with Gasteiger partial charge in [0, 0.05) is 17.7 Å². The second-order valence-corrected chi connectivity index (χ2v) is 8.14. The molecule has 9 nitrogen and oxygen atoms in total. The van der Waals surface area contributed by atoms with Crippen molar-refractivity contribution in [1.29, 1.82) is 0 Å². The first-order valence-corrected chi connectivity index (χ1v) is 9.67. The Hall–Kier alpha value is -3.59. The van der Waals surface area contributed by atoms with Gasteiger partial charge in [-0.05, 0) is 25.5 Å². The van der Waals surface area contributed by atoms with Gasteiger partial charge in [-0.25, -0.2) is 4.90 Å². The Kier molecular flexibility index (Phi) is 3.66. The van der Waals surface area contributed by atoms with Crippen molar-refractivity contribution in [2.75, 3.05) is 10.2 Å². The van der Waals surface area contributed by atoms with E-state index in [9.17, 15) is 24.5 Å². The Morgan fingerprint density at radius 3 is 2.60 bits per heavy atom. The number of nitro groups is 1. The molecule has 30 heavy (non-hydrogen) atoms. The molecule has 3 aliphatic heterocycles. The molecule has 2 fully saturated rings. The fraction of sp³-hybridized carbons (Fsp3) is 0.286. The van der Waals surface area contributed by atoms with Gasteiger partial charge in [0.05, 0.1) is 22.3 Å². The number of nitrogens with two attached hydrogens (primary N) is 1. The molecule has 2 saturated heterocycles. The number of carbonyl (C=O) groups is 3. The molecule has 0 aliphatic carbocycles. The molecule has 2 aromatic rings. The summed E-state index contributed by atoms with van der Waals surface area (Å²) in [7, 11) is 0. The number of imide groups is 1. The van der Waals surface area contributed by atoms with E-state index in [4.69, 9.17) is 0 Å². The largest absolute Gasteiger partial charge is 0.326 e. The normalized spacial score (nSPS) is 29.3. The minimum absolute atomic E-state index is 0.197. The van der Waals surface area contributed by atoms with Crippen molar-refractivity contribution in [2.24, 2.45) is 11.8 Å². The molecule has 3 amide bonds. The average Bonchev–Trinajstić information content (AvgIpc) is 3.27. The van der Waals surface area contributed by atoms with Gasteiger partial charge in [0.25, 0.3) is 11.6 Å². The number of aryl methyl sites for hydroxylation is 1. The monoisotopic (exact) mass is 407 g/mol. The second-order valence-electron chi connectivity index (χ2n) is 8.14. The lowest BCUT2D eigenvalue weighted by molar-refractivity contribution is -0.730. The van der Waals surface area contributed by atoms with Gasteiger partial charge in [-0.15, -0.1) is 0 Å². The van der Waals surface area contributed by atoms with Gasteiger partial charge in [-0.1, -0.05) is 24.3 Å². The van der Waals surface area contributed by atoms with Crippen LogP contribution in [0.4, 0.5) is 17.1 Å². The molecular weight excluding hydrogens is 388 g/mol. The molecule has 0 aromatic heterocycles. The van der Waals surface area contributed by atoms with Crippen LogP contribution in [-0.4, -0.2) is 28.7 Å². The van der Waals surface area contributed by atoms with E-state index in [1.807, 2.05) is 12.2 Å². The number of anilines is 2. The third-order valence-corrected chi connectivity index (χ3v) is 6.57. The molecule has 3 aliphatic rings. The first-order chi connectivity index (χ1) is 14.3. The van der Waals surface area contributed by atoms with Gasteiger partial charge < -0.3 is 10.6 Å². The number of hydrogen-bond donors (Lipinski definition) is 2. The van der Waals surface area contributed by atoms with Crippen LogP contribution in [0.3, 0.4) is 0 Å². The summed E-state index contributed by atoms with van der Waals surface area (Å²) < 4.78 is 0. The summed E-state index contributed by atoms with van der Waals surface area (Å²) in [6.07, 6.45) is 0. The van der Waals surface area contributed by atoms with Crippen LogP contribution in [0.25, 0.3) is 0 Å². The van der Waals surface area contributed by atoms with E-state index >= 15 is 0 Å². The zero-order valence-electron chi connectivity index (χ0n) is 16.3. The van der Waals surface area contributed by atoms with E-state index in [1.54, 1.807) is 31.2 Å². The number of carbonyl (C=O) groups excluding carboxylic acids is 3. The zero-order chi connectivity index (χ0) is 21.4. The first-order valence-electron chi connectivity index (χ1n) is 9.67. The highest BCUT2D eigenvalue weighted by atomic mass is 16.6. The van der Waals surface area contributed by atoms with Gasteiger partial charge in [-0.3, -0.25) is 24.5 Å². The van der Waals surface area contributed by atoms with Crippen LogP contribution in [-0.2, 0) is 19.9 Å². The maximum atomic E-state index is 13.6. The predicted molar refractivity (Wildman–Crippen MR) is 105 cm³/mol. The molecule has 1 spiro atoms. The average molecular weight is 407 g/mol. The van der Waals surface area contributed by atoms with Crippen LogP contribution in [0, 0.1) is 28.9 Å². The molecular formula is C21H19N4O5+. The second kappa shape index (κ2) is 5.96. The molecule has 0 saturated carbocycles. The Balaban J connectivity index is 1.67. The summed E-state index contributed by atoms with van der Waals surface area (Å²) in [5.74, 6) is -2.83. The van der Waals surface area contributed by atoms with Crippen LogP contribution in [0.2, 0.25) is 0 Å². The number of hydrogen-bond acceptors (Lipinski definition) is 5. The Bertz CT molecular complexity index is 1160. The quantitative estimate of drug-likeness (QED) is 0.433. The number of amides is 3. The Labute approximate surface area is 171 Å². The topological polar surface area (TPSA) is 126 Å². The van der Waals surface area contributed by atoms with Crippen LogP contribution in [0.15, 0.2) is 42.5 Å². The molecule has 0 radical (unpaired) electrons. The summed E-state index contributed by atoms with van der Waals surface area (Å²) in [5, 5.41) is 15.9. The number of nitrogens with zero attached hydrogens (tertiary/aromatic N) is 2. The minimum atomic E-state index is -1.23. The highest BCUT2D eigenvalue weighted by Crippen LogP contribution is 2.50. The highest BCUT2D eigenvalue weighted by Gasteiger charge is 2.73. The molecule has 0 unspecified atom stereocenters. The number of para-hydroxylation sites is 1. The zero-order valence-corrected chi connectivity index (χ0v) is 16.3. The van der Waals surface area contributed by atoms with E-state index in [-0.39, 0.29) is 23.3 Å². The van der Waals surface area contributed by atoms with Crippen molar-refractivity contribution in [2.45, 2.75) is 25.4 Å². The number of non-ortho nitro benzene ring substituents is 1. The number of nitrogens with one attached hydrogen (secondary N) is 1. The van der Waals surface area contributed by atoms with E-state index in [2.05, 4.69) is 5.32 Å². The van der Waals surface area contributed by atoms with Crippen molar-refractivity contribution in [1.82, 2.24) is 0 Å². The fourth-order valence-electron chi connectivity index (χ4n) is 5.29. The first kappa shape index (κ1) is 18.4. The van der Waals surface area contributed by atoms with Crippen molar-refractivity contribution in [3.63, 3.8) is 0 Å². The molecule has 4 atom stereocenters. The number of fused-ring (bicyclic) bond motifs is 4. The molecule has 2 aromatic carbocycles. The molecule has 9 heteroatoms. The SMILES string of the molecule is Cc1ccc([N+](=O)[O-])cc1N1C(=O)[C@@H]2[C@@H](C1=O)[C@@]1([NH2+][C@@H]2C)C(=O)Nc2ccccc21. The van der Waals surface area contributed by atoms with Crippen molar-refractivity contribution in [3.05, 3.63) is 63.7 Å². The summed E-state index contributed by atoms with van der Waals surface area (Å²) >= 11 is 0. The molecule has 3 N–H and O–H groups in total. The third-order valence-electron chi connectivity index (χ3n) is 6.57. The summed E-state index contributed by atoms with van der Waals surface area (Å²) in [6.45, 7) is 3.52. The third kappa shape index (κ3) is 2.12. The summed E-state index contributed by atoms with van der Waals surface area (Å²) in [6, 6.07) is 11.0. The van der Waals surface area contributed by atoms with E-state index < -0.39 is 34.1 Å². The Morgan fingerprint density at radius 1 is 1.13 bits per heavy atom. The summed E-state index contributed by atoms with van der Waals surface area (Å²) in [4.78, 5) is 51.9. The van der Waals surface area contributed by atoms with Gasteiger partial charge in [0.1, 0.15) is 11.8 Å². The lowest BCUT2D eigenvalue weighted by Crippen LogP contribution is -2.98. The van der Waals surface area contributed by atoms with Crippen LogP contribution < -0.4 is 15.5 Å². The van der Waals surface area contributed by atoms with Gasteiger partial charge in [0.15, 0.2) is 0 Å². The smallest absolute Gasteiger partial charge is 0.291 e. The van der Waals surface area contributed by atoms with E-state index in [0.717, 1.165) is 4.90 Å². The minimum Gasteiger partial charge on any atom is -0.326 e. The standard InChI is InChI=1S/C21H18N4O5/c1-10-7-8-12(25(29)30)9-15(10)24-18(26)16-11(2)23-21(17(16)19(24)27)13-5-3-4-6-14(13)22-20(21)28/h3-9,11,16-17,23H,1-2H3,(H,22,28)/p+1/t11-,16+,17+,21-/m1/s1. The van der Waals surface area contributed by atoms with E-state index in [1.165, 1.54) is 18.2 Å². The van der Waals surface area contributed by atoms with Crippen molar-refractivity contribution in [3.8, 4) is 0 Å². The van der Waals surface area contributed by atoms with Crippen LogP contribution in [0.1, 0.15) is 18.1 Å². The molecule has 5 rings (SSSR count). The summed E-state index contributed by atoms with van der Waals surface area (Å²) in [5.41, 5.74) is 0.667. The van der Waals surface area contributed by atoms with Gasteiger partial charge in [-0.2, -0.15) is 0 Å². The maximum Gasteiger partial charge on any atom is 0.291 e. The number of nitro benzene ring substituents is 1. The maximum absolute atomic E-state index is 13.6. The Morgan fingerprint density at radius 2 is 1.87 bits per heavy atom. The molecule has 152 valence electrons. The van der Waals surface area contributed by atoms with Gasteiger partial charge >= 0.3 is 0 Å². The number of benzene rings is 2. The molecule has 0 bridgehead atoms. The van der Waals surface area contributed by atoms with Crippen LogP contribution in [0.5, 0.6) is 0 Å².